The average Bonchev–Trinajstić information content (AvgIpc) is 2.20. The van der Waals surface area contributed by atoms with E-state index in [-0.39, 0.29) is 17.7 Å². The van der Waals surface area contributed by atoms with Crippen molar-refractivity contribution in [2.24, 2.45) is 0 Å². The van der Waals surface area contributed by atoms with Crippen LogP contribution in [0.1, 0.15) is 11.7 Å². The van der Waals surface area contributed by atoms with Gasteiger partial charge in [0.1, 0.15) is 0 Å². The van der Waals surface area contributed by atoms with Gasteiger partial charge in [0.25, 0.3) is 5.69 Å². The second-order valence-electron chi connectivity index (χ2n) is 2.73. The third-order valence-electron chi connectivity index (χ3n) is 1.88. The molecule has 1 atom stereocenters. The number of methoxy groups -OCH3 is 1. The van der Waals surface area contributed by atoms with Crippen LogP contribution in [0.25, 0.3) is 0 Å². The van der Waals surface area contributed by atoms with Gasteiger partial charge >= 0.3 is 0 Å². The highest BCUT2D eigenvalue weighted by Crippen LogP contribution is 2.22. The molecule has 0 spiro atoms. The normalized spacial score (nSPS) is 12.4. The van der Waals surface area contributed by atoms with Crippen LogP contribution >= 0.6 is 11.6 Å². The molecule has 0 saturated heterocycles. The Morgan fingerprint density at radius 1 is 1.64 bits per heavy atom. The summed E-state index contributed by atoms with van der Waals surface area (Å²) in [6.45, 7) is 0. The molecule has 0 amide bonds. The van der Waals surface area contributed by atoms with Crippen LogP contribution in [-0.2, 0) is 4.74 Å². The fraction of sp³-hybridized carbons (Fsp3) is 0.333. The minimum absolute atomic E-state index is 0.0506. The highest BCUT2D eigenvalue weighted by molar-refractivity contribution is 6.18. The molecule has 0 aliphatic carbocycles. The number of hydrogen-bond acceptors (Lipinski definition) is 3. The Balaban J connectivity index is 2.98. The SMILES string of the molecule is CO[C@@H](CCl)c1cccc([N+](=O)[O-])c1. The topological polar surface area (TPSA) is 52.4 Å². The molecule has 76 valence electrons. The summed E-state index contributed by atoms with van der Waals surface area (Å²) < 4.78 is 5.07. The quantitative estimate of drug-likeness (QED) is 0.441. The number of hydrogen-bond donors (Lipinski definition) is 0. The Morgan fingerprint density at radius 3 is 2.86 bits per heavy atom. The maximum atomic E-state index is 10.5. The van der Waals surface area contributed by atoms with Crippen LogP contribution in [0.3, 0.4) is 0 Å². The number of nitro benzene ring substituents is 1. The van der Waals surface area contributed by atoms with Crippen LogP contribution in [0.4, 0.5) is 5.69 Å². The molecule has 4 nitrogen and oxygen atoms in total. The molecular weight excluding hydrogens is 206 g/mol. The number of rotatable bonds is 4. The zero-order chi connectivity index (χ0) is 10.6. The monoisotopic (exact) mass is 215 g/mol. The number of halogens is 1. The number of benzene rings is 1. The van der Waals surface area contributed by atoms with Crippen molar-refractivity contribution in [1.82, 2.24) is 0 Å². The predicted molar refractivity (Wildman–Crippen MR) is 53.6 cm³/mol. The van der Waals surface area contributed by atoms with Gasteiger partial charge in [0.05, 0.1) is 16.9 Å². The number of alkyl halides is 1. The minimum Gasteiger partial charge on any atom is -0.376 e. The standard InChI is InChI=1S/C9H10ClNO3/c1-14-9(6-10)7-3-2-4-8(5-7)11(12)13/h2-5,9H,6H2,1H3/t9-/m0/s1. The first-order chi connectivity index (χ1) is 6.69. The lowest BCUT2D eigenvalue weighted by atomic mass is 10.1. The summed E-state index contributed by atoms with van der Waals surface area (Å²) in [6, 6.07) is 6.27. The Morgan fingerprint density at radius 2 is 2.36 bits per heavy atom. The largest absolute Gasteiger partial charge is 0.376 e. The minimum atomic E-state index is -0.440. The summed E-state index contributed by atoms with van der Waals surface area (Å²) in [5.41, 5.74) is 0.770. The maximum Gasteiger partial charge on any atom is 0.269 e. The first kappa shape index (κ1) is 10.9. The first-order valence-corrected chi connectivity index (χ1v) is 4.55. The van der Waals surface area contributed by atoms with Crippen molar-refractivity contribution >= 4 is 17.3 Å². The number of non-ortho nitro benzene ring substituents is 1. The van der Waals surface area contributed by atoms with E-state index in [4.69, 9.17) is 16.3 Å². The Hall–Kier alpha value is -1.13. The van der Waals surface area contributed by atoms with E-state index in [9.17, 15) is 10.1 Å². The molecule has 0 fully saturated rings. The summed E-state index contributed by atoms with van der Waals surface area (Å²) >= 11 is 5.64. The van der Waals surface area contributed by atoms with Crippen LogP contribution in [0.5, 0.6) is 0 Å². The molecule has 0 saturated carbocycles. The molecule has 0 radical (unpaired) electrons. The molecule has 0 N–H and O–H groups in total. The zero-order valence-corrected chi connectivity index (χ0v) is 8.40. The van der Waals surface area contributed by atoms with Gasteiger partial charge in [-0.25, -0.2) is 0 Å². The Bertz CT molecular complexity index is 326. The zero-order valence-electron chi connectivity index (χ0n) is 7.64. The number of nitro groups is 1. The van der Waals surface area contributed by atoms with Crippen LogP contribution in [0, 0.1) is 10.1 Å². The molecule has 1 rings (SSSR count). The molecule has 0 heterocycles. The molecule has 0 aliphatic rings. The summed E-state index contributed by atoms with van der Waals surface area (Å²) in [7, 11) is 1.52. The van der Waals surface area contributed by atoms with Crippen molar-refractivity contribution in [2.45, 2.75) is 6.10 Å². The first-order valence-electron chi connectivity index (χ1n) is 4.02. The lowest BCUT2D eigenvalue weighted by Gasteiger charge is -2.11. The van der Waals surface area contributed by atoms with Crippen molar-refractivity contribution in [3.8, 4) is 0 Å². The number of nitrogens with zero attached hydrogens (tertiary/aromatic N) is 1. The van der Waals surface area contributed by atoms with E-state index in [0.29, 0.717) is 0 Å². The van der Waals surface area contributed by atoms with E-state index < -0.39 is 4.92 Å². The van der Waals surface area contributed by atoms with Crippen molar-refractivity contribution in [3.05, 3.63) is 39.9 Å². The van der Waals surface area contributed by atoms with Gasteiger partial charge in [0.15, 0.2) is 0 Å². The summed E-state index contributed by atoms with van der Waals surface area (Å²) in [6.07, 6.45) is -0.295. The van der Waals surface area contributed by atoms with Gasteiger partial charge in [-0.1, -0.05) is 12.1 Å². The second kappa shape index (κ2) is 4.93. The average molecular weight is 216 g/mol. The van der Waals surface area contributed by atoms with E-state index in [1.165, 1.54) is 19.2 Å². The van der Waals surface area contributed by atoms with Crippen LogP contribution in [0.15, 0.2) is 24.3 Å². The van der Waals surface area contributed by atoms with E-state index in [2.05, 4.69) is 0 Å². The smallest absolute Gasteiger partial charge is 0.269 e. The van der Waals surface area contributed by atoms with E-state index in [1.54, 1.807) is 12.1 Å². The van der Waals surface area contributed by atoms with E-state index >= 15 is 0 Å². The summed E-state index contributed by atoms with van der Waals surface area (Å²) in [4.78, 5) is 10.0. The molecule has 0 aliphatic heterocycles. The molecule has 0 unspecified atom stereocenters. The van der Waals surface area contributed by atoms with Crippen molar-refractivity contribution in [1.29, 1.82) is 0 Å². The third-order valence-corrected chi connectivity index (χ3v) is 2.16. The maximum absolute atomic E-state index is 10.5. The highest BCUT2D eigenvalue weighted by Gasteiger charge is 2.12. The van der Waals surface area contributed by atoms with Crippen LogP contribution < -0.4 is 0 Å². The summed E-state index contributed by atoms with van der Waals surface area (Å²) in [5, 5.41) is 10.5. The molecule has 14 heavy (non-hydrogen) atoms. The van der Waals surface area contributed by atoms with Crippen molar-refractivity contribution < 1.29 is 9.66 Å². The fourth-order valence-electron chi connectivity index (χ4n) is 1.13. The fourth-order valence-corrected chi connectivity index (χ4v) is 1.43. The third kappa shape index (κ3) is 2.43. The van der Waals surface area contributed by atoms with Gasteiger partial charge in [-0.3, -0.25) is 10.1 Å². The molecule has 5 heteroatoms. The van der Waals surface area contributed by atoms with Gasteiger partial charge in [0, 0.05) is 19.2 Å². The van der Waals surface area contributed by atoms with Crippen LogP contribution in [0.2, 0.25) is 0 Å². The lowest BCUT2D eigenvalue weighted by Crippen LogP contribution is -2.03. The van der Waals surface area contributed by atoms with Crippen molar-refractivity contribution in [2.75, 3.05) is 13.0 Å². The highest BCUT2D eigenvalue weighted by atomic mass is 35.5. The lowest BCUT2D eigenvalue weighted by molar-refractivity contribution is -0.385. The van der Waals surface area contributed by atoms with Crippen LogP contribution in [-0.4, -0.2) is 17.9 Å². The van der Waals surface area contributed by atoms with Gasteiger partial charge in [-0.2, -0.15) is 0 Å². The van der Waals surface area contributed by atoms with Gasteiger partial charge in [-0.05, 0) is 5.56 Å². The molecule has 1 aromatic rings. The molecule has 0 bridgehead atoms. The molecular formula is C9H10ClNO3. The van der Waals surface area contributed by atoms with Gasteiger partial charge in [0.2, 0.25) is 0 Å². The van der Waals surface area contributed by atoms with E-state index in [0.717, 1.165) is 5.56 Å². The van der Waals surface area contributed by atoms with E-state index in [1.807, 2.05) is 0 Å². The molecule has 0 aromatic heterocycles. The van der Waals surface area contributed by atoms with Gasteiger partial charge in [-0.15, -0.1) is 11.6 Å². The Kier molecular flexibility index (Phi) is 3.85. The second-order valence-corrected chi connectivity index (χ2v) is 3.04. The number of ether oxygens (including phenoxy) is 1. The Labute approximate surface area is 86.6 Å². The van der Waals surface area contributed by atoms with Crippen molar-refractivity contribution in [3.63, 3.8) is 0 Å². The predicted octanol–water partition coefficient (Wildman–Crippen LogP) is 2.52. The summed E-state index contributed by atoms with van der Waals surface area (Å²) in [5.74, 6) is 0.275. The molecule has 1 aromatic carbocycles. The van der Waals surface area contributed by atoms with Gasteiger partial charge < -0.3 is 4.74 Å².